The average Bonchev–Trinajstić information content (AvgIpc) is 3.50. The van der Waals surface area contributed by atoms with Gasteiger partial charge in [0.1, 0.15) is 4.32 Å². The molecule has 1 atom stereocenters. The van der Waals surface area contributed by atoms with Crippen LogP contribution in [0.15, 0.2) is 58.8 Å². The monoisotopic (exact) mass is 660 g/mol. The van der Waals surface area contributed by atoms with E-state index in [0.717, 1.165) is 28.0 Å². The Morgan fingerprint density at radius 3 is 2.12 bits per heavy atom. The molecule has 0 radical (unpaired) electrons. The van der Waals surface area contributed by atoms with Crippen molar-refractivity contribution in [2.45, 2.75) is 24.8 Å². The van der Waals surface area contributed by atoms with Crippen LogP contribution in [0.3, 0.4) is 0 Å². The summed E-state index contributed by atoms with van der Waals surface area (Å²) in [6.07, 6.45) is -9.01. The van der Waals surface area contributed by atoms with Crippen LogP contribution in [0, 0.1) is 0 Å². The Morgan fingerprint density at radius 2 is 1.58 bits per heavy atom. The number of nitrogens with one attached hydrogen (secondary N) is 1. The second kappa shape index (κ2) is 12.5. The third kappa shape index (κ3) is 7.62. The van der Waals surface area contributed by atoms with E-state index in [1.807, 2.05) is 0 Å². The van der Waals surface area contributed by atoms with Crippen molar-refractivity contribution in [1.82, 2.24) is 4.90 Å². The number of aliphatic hydroxyl groups is 1. The fraction of sp³-hybridized carbons (Fsp3) is 0.185. The minimum atomic E-state index is -5.01. The van der Waals surface area contributed by atoms with Crippen LogP contribution in [0.25, 0.3) is 17.2 Å². The summed E-state index contributed by atoms with van der Waals surface area (Å²) < 4.78 is 79.7. The number of amides is 2. The van der Waals surface area contributed by atoms with Gasteiger partial charge in [0.2, 0.25) is 5.91 Å². The standard InChI is InChI=1S/C27H18F6N2O5S3/c28-26(29,30)16-5-14(6-17(8-16)27(31,32)33)15-7-20(42-12-15)10-21-23(38)35(25(41)43-21)19(11-36)9-22(37)34-18-3-1-13(2-4-18)24(39)40/h1-8,10,12,19,36H,9,11H2,(H,34,37)(H,39,40). The molecule has 2 heterocycles. The lowest BCUT2D eigenvalue weighted by atomic mass is 10.0. The summed E-state index contributed by atoms with van der Waals surface area (Å²) in [5.74, 6) is -2.39. The van der Waals surface area contributed by atoms with Crippen molar-refractivity contribution in [3.63, 3.8) is 0 Å². The molecule has 7 nitrogen and oxygen atoms in total. The molecule has 3 aromatic rings. The molecule has 4 rings (SSSR count). The summed E-state index contributed by atoms with van der Waals surface area (Å²) in [6.45, 7) is -0.634. The summed E-state index contributed by atoms with van der Waals surface area (Å²) in [7, 11) is 0. The summed E-state index contributed by atoms with van der Waals surface area (Å²) >= 11 is 7.10. The number of hydrogen-bond donors (Lipinski definition) is 3. The van der Waals surface area contributed by atoms with Crippen LogP contribution in [0.5, 0.6) is 0 Å². The van der Waals surface area contributed by atoms with Crippen LogP contribution in [0.2, 0.25) is 0 Å². The van der Waals surface area contributed by atoms with Crippen molar-refractivity contribution < 1.29 is 50.9 Å². The highest BCUT2D eigenvalue weighted by Crippen LogP contribution is 2.40. The van der Waals surface area contributed by atoms with E-state index in [2.05, 4.69) is 5.32 Å². The molecule has 1 aliphatic heterocycles. The predicted octanol–water partition coefficient (Wildman–Crippen LogP) is 6.74. The fourth-order valence-corrected chi connectivity index (χ4v) is 6.30. The summed E-state index contributed by atoms with van der Waals surface area (Å²) in [6, 6.07) is 6.84. The molecule has 1 saturated heterocycles. The van der Waals surface area contributed by atoms with Gasteiger partial charge in [0.05, 0.1) is 40.7 Å². The van der Waals surface area contributed by atoms with Crippen molar-refractivity contribution in [3.05, 3.63) is 80.4 Å². The normalized spacial score (nSPS) is 15.7. The molecule has 1 aliphatic rings. The molecule has 2 aromatic carbocycles. The number of aromatic carboxylic acids is 1. The highest BCUT2D eigenvalue weighted by molar-refractivity contribution is 8.26. The van der Waals surface area contributed by atoms with Gasteiger partial charge >= 0.3 is 18.3 Å². The highest BCUT2D eigenvalue weighted by atomic mass is 32.2. The van der Waals surface area contributed by atoms with Gasteiger partial charge in [0.15, 0.2) is 0 Å². The zero-order valence-corrected chi connectivity index (χ0v) is 23.8. The molecule has 2 amide bonds. The number of rotatable bonds is 8. The van der Waals surface area contributed by atoms with Crippen molar-refractivity contribution in [1.29, 1.82) is 0 Å². The topological polar surface area (TPSA) is 107 Å². The van der Waals surface area contributed by atoms with Gasteiger partial charge in [-0.2, -0.15) is 26.3 Å². The van der Waals surface area contributed by atoms with Gasteiger partial charge < -0.3 is 15.5 Å². The molecule has 43 heavy (non-hydrogen) atoms. The lowest BCUT2D eigenvalue weighted by molar-refractivity contribution is -0.143. The van der Waals surface area contributed by atoms with E-state index in [1.165, 1.54) is 41.8 Å². The molecule has 0 aliphatic carbocycles. The second-order valence-electron chi connectivity index (χ2n) is 9.06. The number of nitrogens with zero attached hydrogens (tertiary/aromatic N) is 1. The third-order valence-electron chi connectivity index (χ3n) is 6.05. The number of halogens is 6. The minimum absolute atomic E-state index is 0.00864. The van der Waals surface area contributed by atoms with Gasteiger partial charge in [-0.15, -0.1) is 11.3 Å². The Morgan fingerprint density at radius 1 is 0.977 bits per heavy atom. The number of hydrogen-bond acceptors (Lipinski definition) is 7. The molecule has 0 saturated carbocycles. The Labute approximate surface area is 252 Å². The van der Waals surface area contributed by atoms with E-state index in [1.54, 1.807) is 0 Å². The molecular formula is C27H18F6N2O5S3. The molecular weight excluding hydrogens is 642 g/mol. The number of aliphatic hydroxyl groups excluding tert-OH is 1. The number of thioether (sulfide) groups is 1. The Hall–Kier alpha value is -3.73. The van der Waals surface area contributed by atoms with Crippen molar-refractivity contribution in [3.8, 4) is 11.1 Å². The lowest BCUT2D eigenvalue weighted by Gasteiger charge is -2.24. The molecule has 1 unspecified atom stereocenters. The van der Waals surface area contributed by atoms with E-state index in [9.17, 15) is 45.8 Å². The number of alkyl halides is 6. The smallest absolute Gasteiger partial charge is 0.416 e. The average molecular weight is 661 g/mol. The van der Waals surface area contributed by atoms with Crippen molar-refractivity contribution >= 4 is 69.2 Å². The summed E-state index contributed by atoms with van der Waals surface area (Å²) in [5.41, 5.74) is -2.85. The van der Waals surface area contributed by atoms with Crippen LogP contribution in [0.4, 0.5) is 32.0 Å². The zero-order valence-electron chi connectivity index (χ0n) is 21.3. The first-order chi connectivity index (χ1) is 20.1. The number of carboxylic acids is 1. The van der Waals surface area contributed by atoms with Crippen LogP contribution >= 0.6 is 35.3 Å². The van der Waals surface area contributed by atoms with Crippen molar-refractivity contribution in [2.24, 2.45) is 0 Å². The van der Waals surface area contributed by atoms with Crippen LogP contribution < -0.4 is 5.32 Å². The maximum Gasteiger partial charge on any atom is 0.416 e. The molecule has 1 fully saturated rings. The van der Waals surface area contributed by atoms with E-state index in [0.29, 0.717) is 17.0 Å². The number of benzene rings is 2. The number of carbonyl (C=O) groups is 3. The van der Waals surface area contributed by atoms with Gasteiger partial charge in [0.25, 0.3) is 5.91 Å². The lowest BCUT2D eigenvalue weighted by Crippen LogP contribution is -2.43. The van der Waals surface area contributed by atoms with E-state index < -0.39 is 53.9 Å². The number of thiophene rings is 1. The SMILES string of the molecule is O=C(CC(CO)N1C(=O)C(=Cc2cc(-c3cc(C(F)(F)F)cc(C(F)(F)F)c3)cs2)SC1=S)Nc1ccc(C(=O)O)cc1. The molecule has 226 valence electrons. The number of thiocarbonyl (C=S) groups is 1. The summed E-state index contributed by atoms with van der Waals surface area (Å²) in [5, 5.41) is 22.8. The van der Waals surface area contributed by atoms with Gasteiger partial charge in [0, 0.05) is 10.6 Å². The predicted molar refractivity (Wildman–Crippen MR) is 152 cm³/mol. The van der Waals surface area contributed by atoms with Crippen molar-refractivity contribution in [2.75, 3.05) is 11.9 Å². The maximum absolute atomic E-state index is 13.3. The number of carboxylic acid groups (broad SMARTS) is 1. The zero-order chi connectivity index (χ0) is 31.7. The quantitative estimate of drug-likeness (QED) is 0.140. The molecule has 16 heteroatoms. The first-order valence-electron chi connectivity index (χ1n) is 12.0. The molecule has 0 spiro atoms. The third-order valence-corrected chi connectivity index (χ3v) is 8.26. The van der Waals surface area contributed by atoms with Gasteiger partial charge in [-0.25, -0.2) is 4.79 Å². The van der Waals surface area contributed by atoms with Crippen LogP contribution in [-0.2, 0) is 21.9 Å². The molecule has 0 bridgehead atoms. The van der Waals surface area contributed by atoms with E-state index in [4.69, 9.17) is 17.3 Å². The number of carbonyl (C=O) groups excluding carboxylic acids is 2. The summed E-state index contributed by atoms with van der Waals surface area (Å²) in [4.78, 5) is 38.2. The first-order valence-corrected chi connectivity index (χ1v) is 14.1. The van der Waals surface area contributed by atoms with Gasteiger partial charge in [-0.1, -0.05) is 24.0 Å². The highest BCUT2D eigenvalue weighted by Gasteiger charge is 2.39. The maximum atomic E-state index is 13.3. The van der Waals surface area contributed by atoms with E-state index in [-0.39, 0.29) is 44.1 Å². The van der Waals surface area contributed by atoms with Gasteiger partial charge in [-0.3, -0.25) is 14.5 Å². The van der Waals surface area contributed by atoms with Crippen LogP contribution in [-0.4, -0.2) is 49.9 Å². The molecule has 3 N–H and O–H groups in total. The van der Waals surface area contributed by atoms with E-state index >= 15 is 0 Å². The molecule has 1 aromatic heterocycles. The first kappa shape index (κ1) is 32.2. The Kier molecular flexibility index (Phi) is 9.34. The minimum Gasteiger partial charge on any atom is -0.478 e. The Balaban J connectivity index is 1.51. The number of anilines is 1. The second-order valence-corrected chi connectivity index (χ2v) is 11.7. The van der Waals surface area contributed by atoms with Crippen LogP contribution in [0.1, 0.15) is 32.8 Å². The van der Waals surface area contributed by atoms with Gasteiger partial charge in [-0.05, 0) is 71.1 Å². The Bertz CT molecular complexity index is 1580. The largest absolute Gasteiger partial charge is 0.478 e. The fourth-order valence-electron chi connectivity index (χ4n) is 3.98.